The zero-order valence-electron chi connectivity index (χ0n) is 10.1. The molecule has 94 valence electrons. The Morgan fingerprint density at radius 3 is 2.50 bits per heavy atom. The summed E-state index contributed by atoms with van der Waals surface area (Å²) >= 11 is 0. The van der Waals surface area contributed by atoms with Crippen molar-refractivity contribution in [3.8, 4) is 0 Å². The standard InChI is InChI=1S/C10H21N3O2S/c1-12-4-6-13(7-5-12)10(14)9-11-3-8-16(2)15/h11H,3-9H2,1-2H3. The first-order valence-electron chi connectivity index (χ1n) is 5.56. The van der Waals surface area contributed by atoms with E-state index in [9.17, 15) is 9.00 Å². The lowest BCUT2D eigenvalue weighted by Crippen LogP contribution is -2.49. The van der Waals surface area contributed by atoms with Crippen molar-refractivity contribution in [3.05, 3.63) is 0 Å². The van der Waals surface area contributed by atoms with Crippen LogP contribution in [0.15, 0.2) is 0 Å². The summed E-state index contributed by atoms with van der Waals surface area (Å²) in [5.74, 6) is 0.755. The highest BCUT2D eigenvalue weighted by Crippen LogP contribution is 1.98. The molecule has 0 aromatic heterocycles. The molecule has 0 aromatic rings. The summed E-state index contributed by atoms with van der Waals surface area (Å²) < 4.78 is 10.8. The van der Waals surface area contributed by atoms with E-state index in [2.05, 4.69) is 17.3 Å². The topological polar surface area (TPSA) is 52.6 Å². The lowest BCUT2D eigenvalue weighted by Gasteiger charge is -2.32. The lowest BCUT2D eigenvalue weighted by atomic mass is 10.3. The highest BCUT2D eigenvalue weighted by Gasteiger charge is 2.18. The molecule has 1 amide bonds. The molecule has 0 aliphatic carbocycles. The molecule has 0 saturated carbocycles. The first-order valence-corrected chi connectivity index (χ1v) is 7.29. The fraction of sp³-hybridized carbons (Fsp3) is 0.900. The Morgan fingerprint density at radius 1 is 1.31 bits per heavy atom. The molecule has 0 spiro atoms. The van der Waals surface area contributed by atoms with E-state index >= 15 is 0 Å². The Hall–Kier alpha value is -0.460. The first-order chi connectivity index (χ1) is 7.59. The highest BCUT2D eigenvalue weighted by molar-refractivity contribution is 7.84. The molecule has 1 fully saturated rings. The Kier molecular flexibility index (Phi) is 5.94. The van der Waals surface area contributed by atoms with Gasteiger partial charge in [0.25, 0.3) is 0 Å². The predicted octanol–water partition coefficient (Wildman–Crippen LogP) is -1.27. The summed E-state index contributed by atoms with van der Waals surface area (Å²) in [7, 11) is 1.28. The Labute approximate surface area is 99.6 Å². The number of rotatable bonds is 5. The minimum Gasteiger partial charge on any atom is -0.339 e. The maximum Gasteiger partial charge on any atom is 0.236 e. The number of hydrogen-bond donors (Lipinski definition) is 1. The van der Waals surface area contributed by atoms with Gasteiger partial charge in [-0.05, 0) is 7.05 Å². The molecule has 16 heavy (non-hydrogen) atoms. The minimum atomic E-state index is -0.784. The largest absolute Gasteiger partial charge is 0.339 e. The van der Waals surface area contributed by atoms with Crippen LogP contribution in [0.3, 0.4) is 0 Å². The van der Waals surface area contributed by atoms with Crippen molar-refractivity contribution < 1.29 is 9.00 Å². The molecule has 1 aliphatic rings. The van der Waals surface area contributed by atoms with Crippen LogP contribution in [0.2, 0.25) is 0 Å². The Morgan fingerprint density at radius 2 is 1.94 bits per heavy atom. The maximum atomic E-state index is 11.7. The van der Waals surface area contributed by atoms with Crippen molar-refractivity contribution >= 4 is 16.7 Å². The van der Waals surface area contributed by atoms with Crippen LogP contribution in [0.4, 0.5) is 0 Å². The van der Waals surface area contributed by atoms with Crippen LogP contribution >= 0.6 is 0 Å². The van der Waals surface area contributed by atoms with E-state index < -0.39 is 10.8 Å². The molecule has 0 aromatic carbocycles. The van der Waals surface area contributed by atoms with Gasteiger partial charge in [0.1, 0.15) is 0 Å². The van der Waals surface area contributed by atoms with Crippen LogP contribution in [0, 0.1) is 0 Å². The fourth-order valence-corrected chi connectivity index (χ4v) is 2.01. The summed E-state index contributed by atoms with van der Waals surface area (Å²) in [5, 5.41) is 3.03. The highest BCUT2D eigenvalue weighted by atomic mass is 32.2. The second kappa shape index (κ2) is 6.98. The number of nitrogens with zero attached hydrogens (tertiary/aromatic N) is 2. The van der Waals surface area contributed by atoms with Crippen LogP contribution in [0.1, 0.15) is 0 Å². The van der Waals surface area contributed by atoms with E-state index in [0.717, 1.165) is 26.2 Å². The van der Waals surface area contributed by atoms with E-state index in [0.29, 0.717) is 18.8 Å². The monoisotopic (exact) mass is 247 g/mol. The quantitative estimate of drug-likeness (QED) is 0.616. The predicted molar refractivity (Wildman–Crippen MR) is 65.9 cm³/mol. The van der Waals surface area contributed by atoms with Gasteiger partial charge in [-0.15, -0.1) is 0 Å². The summed E-state index contributed by atoms with van der Waals surface area (Å²) in [5.41, 5.74) is 0. The van der Waals surface area contributed by atoms with Gasteiger partial charge in [-0.25, -0.2) is 0 Å². The molecule has 6 heteroatoms. The van der Waals surface area contributed by atoms with Gasteiger partial charge in [-0.1, -0.05) is 0 Å². The average molecular weight is 247 g/mol. The Bertz CT molecular complexity index is 252. The molecule has 1 heterocycles. The number of amides is 1. The molecular formula is C10H21N3O2S. The molecule has 1 aliphatic heterocycles. The van der Waals surface area contributed by atoms with Crippen molar-refractivity contribution in [1.82, 2.24) is 15.1 Å². The number of likely N-dealkylation sites (N-methyl/N-ethyl adjacent to an activating group) is 1. The van der Waals surface area contributed by atoms with E-state index in [1.807, 2.05) is 4.90 Å². The SMILES string of the molecule is CN1CCN(C(=O)CNCCS(C)=O)CC1. The molecule has 1 atom stereocenters. The molecule has 1 rings (SSSR count). The zero-order chi connectivity index (χ0) is 12.0. The third-order valence-corrected chi connectivity index (χ3v) is 3.48. The third-order valence-electron chi connectivity index (χ3n) is 2.70. The van der Waals surface area contributed by atoms with Gasteiger partial charge in [0, 0.05) is 55.5 Å². The second-order valence-electron chi connectivity index (χ2n) is 4.14. The van der Waals surface area contributed by atoms with Crippen molar-refractivity contribution in [2.75, 3.05) is 58.3 Å². The molecule has 1 saturated heterocycles. The van der Waals surface area contributed by atoms with Gasteiger partial charge in [0.15, 0.2) is 0 Å². The maximum absolute atomic E-state index is 11.7. The van der Waals surface area contributed by atoms with Gasteiger partial charge in [-0.3, -0.25) is 9.00 Å². The number of hydrogen-bond acceptors (Lipinski definition) is 4. The Balaban J connectivity index is 2.12. The van der Waals surface area contributed by atoms with Crippen molar-refractivity contribution in [2.24, 2.45) is 0 Å². The minimum absolute atomic E-state index is 0.148. The van der Waals surface area contributed by atoms with Crippen molar-refractivity contribution in [3.63, 3.8) is 0 Å². The zero-order valence-corrected chi connectivity index (χ0v) is 10.9. The van der Waals surface area contributed by atoms with Crippen LogP contribution in [-0.2, 0) is 15.6 Å². The van der Waals surface area contributed by atoms with E-state index in [4.69, 9.17) is 0 Å². The third kappa shape index (κ3) is 5.05. The molecule has 1 N–H and O–H groups in total. The van der Waals surface area contributed by atoms with E-state index in [-0.39, 0.29) is 5.91 Å². The van der Waals surface area contributed by atoms with E-state index in [1.54, 1.807) is 6.26 Å². The molecular weight excluding hydrogens is 226 g/mol. The summed E-state index contributed by atoms with van der Waals surface area (Å²) in [6.45, 7) is 4.53. The van der Waals surface area contributed by atoms with Crippen molar-refractivity contribution in [2.45, 2.75) is 0 Å². The number of nitrogens with one attached hydrogen (secondary N) is 1. The molecule has 1 unspecified atom stereocenters. The van der Waals surface area contributed by atoms with Crippen LogP contribution in [0.5, 0.6) is 0 Å². The fourth-order valence-electron chi connectivity index (χ4n) is 1.58. The molecule has 5 nitrogen and oxygen atoms in total. The van der Waals surface area contributed by atoms with Gasteiger partial charge in [0.2, 0.25) is 5.91 Å². The smallest absolute Gasteiger partial charge is 0.236 e. The summed E-state index contributed by atoms with van der Waals surface area (Å²) in [6, 6.07) is 0. The number of carbonyl (C=O) groups excluding carboxylic acids is 1. The van der Waals surface area contributed by atoms with Gasteiger partial charge in [-0.2, -0.15) is 0 Å². The van der Waals surface area contributed by atoms with Gasteiger partial charge >= 0.3 is 0 Å². The summed E-state index contributed by atoms with van der Waals surface area (Å²) in [6.07, 6.45) is 1.67. The van der Waals surface area contributed by atoms with Crippen LogP contribution < -0.4 is 5.32 Å². The van der Waals surface area contributed by atoms with Gasteiger partial charge in [0.05, 0.1) is 6.54 Å². The van der Waals surface area contributed by atoms with Crippen LogP contribution in [0.25, 0.3) is 0 Å². The second-order valence-corrected chi connectivity index (χ2v) is 5.69. The van der Waals surface area contributed by atoms with Gasteiger partial charge < -0.3 is 15.1 Å². The average Bonchev–Trinajstić information content (AvgIpc) is 2.25. The van der Waals surface area contributed by atoms with Crippen molar-refractivity contribution in [1.29, 1.82) is 0 Å². The number of carbonyl (C=O) groups is 1. The van der Waals surface area contributed by atoms with E-state index in [1.165, 1.54) is 0 Å². The normalized spacial score (nSPS) is 19.8. The molecule has 0 bridgehead atoms. The first kappa shape index (κ1) is 13.6. The van der Waals surface area contributed by atoms with Crippen LogP contribution in [-0.4, -0.2) is 78.2 Å². The summed E-state index contributed by atoms with van der Waals surface area (Å²) in [4.78, 5) is 15.8. The molecule has 0 radical (unpaired) electrons. The lowest BCUT2D eigenvalue weighted by molar-refractivity contribution is -0.131. The number of piperazine rings is 1.